The summed E-state index contributed by atoms with van der Waals surface area (Å²) in [5.41, 5.74) is 1.19. The van der Waals surface area contributed by atoms with E-state index in [4.69, 9.17) is 0 Å². The summed E-state index contributed by atoms with van der Waals surface area (Å²) in [4.78, 5) is 28.1. The molecule has 6 nitrogen and oxygen atoms in total. The Bertz CT molecular complexity index is 1030. The van der Waals surface area contributed by atoms with Crippen molar-refractivity contribution >= 4 is 5.91 Å². The monoisotopic (exact) mass is 411 g/mol. The number of likely N-dealkylation sites (tertiary alicyclic amines) is 1. The van der Waals surface area contributed by atoms with Crippen molar-refractivity contribution in [2.24, 2.45) is 11.8 Å². The Balaban J connectivity index is 1.46. The number of carbonyl (C=O) groups excluding carboxylic acids is 1. The summed E-state index contributed by atoms with van der Waals surface area (Å²) in [5, 5.41) is 13.5. The molecule has 1 aromatic carbocycles. The van der Waals surface area contributed by atoms with Crippen LogP contribution in [0.2, 0.25) is 0 Å². The first-order valence-electron chi connectivity index (χ1n) is 10.7. The lowest BCUT2D eigenvalue weighted by Gasteiger charge is -2.31. The fourth-order valence-corrected chi connectivity index (χ4v) is 5.43. The molecule has 3 aliphatic heterocycles. The number of hydrogen-bond acceptors (Lipinski definition) is 4. The van der Waals surface area contributed by atoms with E-state index in [0.717, 1.165) is 38.0 Å². The number of piperidine rings is 1. The molecular weight excluding hydrogens is 385 g/mol. The van der Waals surface area contributed by atoms with Gasteiger partial charge in [0.2, 0.25) is 5.91 Å². The topological polar surface area (TPSA) is 74.6 Å². The van der Waals surface area contributed by atoms with Gasteiger partial charge in [0.15, 0.2) is 0 Å². The second-order valence-corrected chi connectivity index (χ2v) is 8.59. The zero-order valence-electron chi connectivity index (χ0n) is 16.8. The van der Waals surface area contributed by atoms with Crippen LogP contribution in [0.3, 0.4) is 0 Å². The average molecular weight is 411 g/mol. The van der Waals surface area contributed by atoms with Crippen LogP contribution in [0.15, 0.2) is 41.2 Å². The molecule has 2 fully saturated rings. The van der Waals surface area contributed by atoms with E-state index in [0.29, 0.717) is 17.7 Å². The van der Waals surface area contributed by atoms with E-state index in [9.17, 15) is 19.1 Å². The first-order valence-corrected chi connectivity index (χ1v) is 10.7. The van der Waals surface area contributed by atoms with Crippen LogP contribution in [0.5, 0.6) is 0 Å². The number of benzene rings is 1. The van der Waals surface area contributed by atoms with Crippen molar-refractivity contribution in [3.8, 4) is 11.1 Å². The predicted molar refractivity (Wildman–Crippen MR) is 110 cm³/mol. The lowest BCUT2D eigenvalue weighted by molar-refractivity contribution is -0.135. The molecule has 4 atom stereocenters. The Morgan fingerprint density at radius 1 is 1.10 bits per heavy atom. The molecule has 158 valence electrons. The molecule has 30 heavy (non-hydrogen) atoms. The summed E-state index contributed by atoms with van der Waals surface area (Å²) in [7, 11) is 0. The lowest BCUT2D eigenvalue weighted by atomic mass is 9.88. The van der Waals surface area contributed by atoms with E-state index >= 15 is 0 Å². The molecule has 3 aliphatic rings. The number of aliphatic hydroxyl groups excluding tert-OH is 1. The van der Waals surface area contributed by atoms with Crippen LogP contribution in [-0.4, -0.2) is 46.2 Å². The van der Waals surface area contributed by atoms with Crippen molar-refractivity contribution in [3.05, 3.63) is 58.3 Å². The number of nitrogens with zero attached hydrogens (tertiary/aromatic N) is 2. The molecule has 2 N–H and O–H groups in total. The molecule has 1 aromatic heterocycles. The molecule has 0 spiro atoms. The smallest absolute Gasteiger partial charge is 0.258 e. The second-order valence-electron chi connectivity index (χ2n) is 8.59. The largest absolute Gasteiger partial charge is 0.396 e. The fraction of sp³-hybridized carbons (Fsp3) is 0.478. The minimum absolute atomic E-state index is 0.0442. The number of pyridine rings is 1. The van der Waals surface area contributed by atoms with Crippen LogP contribution in [-0.2, 0) is 11.3 Å². The number of amides is 1. The molecule has 0 saturated carbocycles. The molecule has 4 heterocycles. The molecular formula is C23H26FN3O3. The van der Waals surface area contributed by atoms with Gasteiger partial charge in [-0.25, -0.2) is 4.39 Å². The van der Waals surface area contributed by atoms with E-state index in [1.54, 1.807) is 28.8 Å². The molecule has 7 heteroatoms. The van der Waals surface area contributed by atoms with Crippen molar-refractivity contribution < 1.29 is 14.3 Å². The molecule has 0 radical (unpaired) electrons. The molecule has 0 aliphatic carbocycles. The highest BCUT2D eigenvalue weighted by atomic mass is 19.1. The highest BCUT2D eigenvalue weighted by Crippen LogP contribution is 2.43. The molecule has 0 unspecified atom stereocenters. The maximum absolute atomic E-state index is 14.2. The van der Waals surface area contributed by atoms with Crippen LogP contribution < -0.4 is 10.9 Å². The molecule has 5 rings (SSSR count). The van der Waals surface area contributed by atoms with Crippen molar-refractivity contribution in [1.29, 1.82) is 0 Å². The van der Waals surface area contributed by atoms with Crippen molar-refractivity contribution in [2.75, 3.05) is 19.7 Å². The van der Waals surface area contributed by atoms with E-state index in [-0.39, 0.29) is 36.0 Å². The first kappa shape index (κ1) is 19.5. The zero-order valence-corrected chi connectivity index (χ0v) is 16.8. The van der Waals surface area contributed by atoms with E-state index < -0.39 is 11.9 Å². The normalized spacial score (nSPS) is 27.7. The van der Waals surface area contributed by atoms with Gasteiger partial charge in [-0.2, -0.15) is 0 Å². The van der Waals surface area contributed by atoms with Crippen LogP contribution in [0, 0.1) is 17.7 Å². The van der Waals surface area contributed by atoms with Gasteiger partial charge < -0.3 is 14.6 Å². The van der Waals surface area contributed by atoms with Crippen LogP contribution in [0.4, 0.5) is 4.39 Å². The van der Waals surface area contributed by atoms with Gasteiger partial charge in [0, 0.05) is 49.3 Å². The number of halogens is 1. The summed E-state index contributed by atoms with van der Waals surface area (Å²) < 4.78 is 15.9. The van der Waals surface area contributed by atoms with Crippen molar-refractivity contribution in [3.63, 3.8) is 0 Å². The number of hydrogen-bond donors (Lipinski definition) is 2. The number of rotatable bonds is 3. The Hall–Kier alpha value is -2.51. The Labute approximate surface area is 174 Å². The number of aromatic nitrogens is 1. The third-order valence-corrected chi connectivity index (χ3v) is 6.99. The minimum Gasteiger partial charge on any atom is -0.396 e. The van der Waals surface area contributed by atoms with Crippen molar-refractivity contribution in [2.45, 2.75) is 37.9 Å². The van der Waals surface area contributed by atoms with Gasteiger partial charge in [-0.15, -0.1) is 0 Å². The van der Waals surface area contributed by atoms with Crippen molar-refractivity contribution in [1.82, 2.24) is 14.8 Å². The Morgan fingerprint density at radius 3 is 2.60 bits per heavy atom. The highest BCUT2D eigenvalue weighted by molar-refractivity contribution is 5.83. The molecule has 0 bridgehead atoms. The first-order chi connectivity index (χ1) is 14.6. The summed E-state index contributed by atoms with van der Waals surface area (Å²) >= 11 is 0. The standard InChI is InChI=1S/C23H26FN3O3/c24-18-7-3-2-6-14(18)15-8-9-19-20-16(12-27(19)22(15)29)17(13-28)21(25-20)23(30)26-10-4-1-5-11-26/h2-3,6-9,16-17,20-21,25,28H,1,4-5,10-13H2/t16-,17-,20+,21-/m1/s1. The fourth-order valence-electron chi connectivity index (χ4n) is 5.43. The molecule has 2 saturated heterocycles. The number of fused-ring (bicyclic) bond motifs is 3. The van der Waals surface area contributed by atoms with Crippen LogP contribution >= 0.6 is 0 Å². The maximum Gasteiger partial charge on any atom is 0.258 e. The zero-order chi connectivity index (χ0) is 20.8. The van der Waals surface area contributed by atoms with Gasteiger partial charge in [-0.3, -0.25) is 14.9 Å². The predicted octanol–water partition coefficient (Wildman–Crippen LogP) is 1.92. The number of carbonyl (C=O) groups is 1. The lowest BCUT2D eigenvalue weighted by Crippen LogP contribution is -2.49. The van der Waals surface area contributed by atoms with Crippen LogP contribution in [0.1, 0.15) is 31.0 Å². The number of aliphatic hydroxyl groups is 1. The van der Waals surface area contributed by atoms with Gasteiger partial charge >= 0.3 is 0 Å². The Morgan fingerprint density at radius 2 is 1.87 bits per heavy atom. The third-order valence-electron chi connectivity index (χ3n) is 6.99. The van der Waals surface area contributed by atoms with Gasteiger partial charge in [-0.1, -0.05) is 18.2 Å². The van der Waals surface area contributed by atoms with Gasteiger partial charge in [0.1, 0.15) is 5.82 Å². The highest BCUT2D eigenvalue weighted by Gasteiger charge is 2.51. The summed E-state index contributed by atoms with van der Waals surface area (Å²) in [6, 6.07) is 9.20. The summed E-state index contributed by atoms with van der Waals surface area (Å²) in [5.74, 6) is -0.662. The molecule has 1 amide bonds. The van der Waals surface area contributed by atoms with E-state index in [1.807, 2.05) is 11.0 Å². The Kier molecular flexibility index (Phi) is 4.95. The number of nitrogens with one attached hydrogen (secondary N) is 1. The van der Waals surface area contributed by atoms with Crippen LogP contribution in [0.25, 0.3) is 11.1 Å². The van der Waals surface area contributed by atoms with Gasteiger partial charge in [0.05, 0.1) is 17.6 Å². The van der Waals surface area contributed by atoms with Gasteiger partial charge in [-0.05, 0) is 37.5 Å². The maximum atomic E-state index is 14.2. The molecule has 2 aromatic rings. The third kappa shape index (κ3) is 2.99. The average Bonchev–Trinajstić information content (AvgIpc) is 3.31. The summed E-state index contributed by atoms with van der Waals surface area (Å²) in [6.07, 6.45) is 3.19. The van der Waals surface area contributed by atoms with E-state index in [1.165, 1.54) is 6.07 Å². The summed E-state index contributed by atoms with van der Waals surface area (Å²) in [6.45, 7) is 1.85. The SMILES string of the molecule is O=C([C@@H]1N[C@@H]2c3ccc(-c4ccccc4F)c(=O)n3C[C@@H]2[C@H]1CO)N1CCCCC1. The minimum atomic E-state index is -0.432. The quantitative estimate of drug-likeness (QED) is 0.809. The van der Waals surface area contributed by atoms with E-state index in [2.05, 4.69) is 5.32 Å². The van der Waals surface area contributed by atoms with Gasteiger partial charge in [0.25, 0.3) is 5.56 Å². The second kappa shape index (κ2) is 7.63.